The molecule has 0 radical (unpaired) electrons. The number of methoxy groups -OCH3 is 1. The van der Waals surface area contributed by atoms with Gasteiger partial charge >= 0.3 is 5.97 Å². The first-order chi connectivity index (χ1) is 9.08. The zero-order chi connectivity index (χ0) is 14.0. The second-order valence-corrected chi connectivity index (χ2v) is 4.92. The summed E-state index contributed by atoms with van der Waals surface area (Å²) in [6.45, 7) is 2.32. The van der Waals surface area contributed by atoms with Crippen LogP contribution in [-0.2, 0) is 4.74 Å². The van der Waals surface area contributed by atoms with Crippen molar-refractivity contribution in [2.75, 3.05) is 20.0 Å². The van der Waals surface area contributed by atoms with E-state index in [0.29, 0.717) is 17.4 Å². The molecule has 1 N–H and O–H groups in total. The van der Waals surface area contributed by atoms with E-state index in [1.54, 1.807) is 23.9 Å². The molecule has 0 aliphatic rings. The molecule has 0 aliphatic carbocycles. The standard InChI is InChI=1S/C12H15N3O3S/c1-7(6-18-2)15-9(11(16)17)4-8-5-13-12(19-3)14-10(8)15/h4-5,7H,6H2,1-3H3,(H,16,17)/t7-/m0/s1. The zero-order valence-electron chi connectivity index (χ0n) is 11.0. The molecule has 0 aromatic carbocycles. The van der Waals surface area contributed by atoms with Crippen LogP contribution in [0.5, 0.6) is 0 Å². The van der Waals surface area contributed by atoms with Gasteiger partial charge in [0.2, 0.25) is 0 Å². The molecule has 0 bridgehead atoms. The summed E-state index contributed by atoms with van der Waals surface area (Å²) in [7, 11) is 1.59. The molecule has 6 nitrogen and oxygen atoms in total. The second kappa shape index (κ2) is 5.58. The molecule has 0 unspecified atom stereocenters. The van der Waals surface area contributed by atoms with Crippen LogP contribution in [0.1, 0.15) is 23.5 Å². The fourth-order valence-electron chi connectivity index (χ4n) is 2.02. The van der Waals surface area contributed by atoms with Crippen molar-refractivity contribution in [2.24, 2.45) is 0 Å². The predicted molar refractivity (Wildman–Crippen MR) is 72.9 cm³/mol. The fraction of sp³-hybridized carbons (Fsp3) is 0.417. The largest absolute Gasteiger partial charge is 0.477 e. The molecule has 1 atom stereocenters. The second-order valence-electron chi connectivity index (χ2n) is 4.14. The molecule has 0 saturated heterocycles. The predicted octanol–water partition coefficient (Wildman–Crippen LogP) is 2.06. The molecular formula is C12H15N3O3S. The van der Waals surface area contributed by atoms with Crippen molar-refractivity contribution >= 4 is 28.8 Å². The van der Waals surface area contributed by atoms with Crippen LogP contribution in [0.25, 0.3) is 11.0 Å². The Hall–Kier alpha value is -1.60. The highest BCUT2D eigenvalue weighted by Gasteiger charge is 2.20. The van der Waals surface area contributed by atoms with Crippen LogP contribution in [0.3, 0.4) is 0 Å². The maximum absolute atomic E-state index is 11.3. The van der Waals surface area contributed by atoms with Crippen molar-refractivity contribution in [1.82, 2.24) is 14.5 Å². The maximum Gasteiger partial charge on any atom is 0.352 e. The summed E-state index contributed by atoms with van der Waals surface area (Å²) < 4.78 is 6.79. The first-order valence-electron chi connectivity index (χ1n) is 5.72. The van der Waals surface area contributed by atoms with Crippen LogP contribution in [0, 0.1) is 0 Å². The third-order valence-electron chi connectivity index (χ3n) is 2.80. The summed E-state index contributed by atoms with van der Waals surface area (Å²) >= 11 is 1.42. The van der Waals surface area contributed by atoms with E-state index in [4.69, 9.17) is 4.74 Å². The first kappa shape index (κ1) is 13.8. The highest BCUT2D eigenvalue weighted by molar-refractivity contribution is 7.98. The number of thioether (sulfide) groups is 1. The lowest BCUT2D eigenvalue weighted by atomic mass is 10.3. The lowest BCUT2D eigenvalue weighted by Gasteiger charge is -2.15. The van der Waals surface area contributed by atoms with E-state index in [0.717, 1.165) is 5.39 Å². The summed E-state index contributed by atoms with van der Waals surface area (Å²) in [6, 6.07) is 1.48. The molecule has 0 aliphatic heterocycles. The molecular weight excluding hydrogens is 266 g/mol. The number of nitrogens with zero attached hydrogens (tertiary/aromatic N) is 3. The van der Waals surface area contributed by atoms with Crippen molar-refractivity contribution in [3.63, 3.8) is 0 Å². The Morgan fingerprint density at radius 1 is 1.63 bits per heavy atom. The SMILES string of the molecule is COC[C@H](C)n1c(C(=O)O)cc2cnc(SC)nc21. The first-order valence-corrected chi connectivity index (χ1v) is 6.95. The van der Waals surface area contributed by atoms with Crippen molar-refractivity contribution in [2.45, 2.75) is 18.1 Å². The van der Waals surface area contributed by atoms with Crippen molar-refractivity contribution in [3.8, 4) is 0 Å². The molecule has 0 fully saturated rings. The van der Waals surface area contributed by atoms with Gasteiger partial charge in [0.1, 0.15) is 11.3 Å². The number of carboxylic acids is 1. The van der Waals surface area contributed by atoms with Crippen LogP contribution in [-0.4, -0.2) is 45.6 Å². The van der Waals surface area contributed by atoms with Gasteiger partial charge in [0.15, 0.2) is 5.16 Å². The van der Waals surface area contributed by atoms with Gasteiger partial charge in [-0.05, 0) is 19.2 Å². The highest BCUT2D eigenvalue weighted by Crippen LogP contribution is 2.24. The van der Waals surface area contributed by atoms with Gasteiger partial charge in [-0.3, -0.25) is 0 Å². The minimum atomic E-state index is -0.980. The zero-order valence-corrected chi connectivity index (χ0v) is 11.8. The van der Waals surface area contributed by atoms with E-state index in [9.17, 15) is 9.90 Å². The minimum absolute atomic E-state index is 0.113. The molecule has 0 saturated carbocycles. The average molecular weight is 281 g/mol. The molecule has 0 spiro atoms. The van der Waals surface area contributed by atoms with Gasteiger partial charge in [0, 0.05) is 18.7 Å². The number of hydrogen-bond donors (Lipinski definition) is 1. The number of rotatable bonds is 5. The van der Waals surface area contributed by atoms with Gasteiger partial charge < -0.3 is 14.4 Å². The number of fused-ring (bicyclic) bond motifs is 1. The van der Waals surface area contributed by atoms with Gasteiger partial charge in [-0.25, -0.2) is 14.8 Å². The molecule has 0 amide bonds. The highest BCUT2D eigenvalue weighted by atomic mass is 32.2. The third-order valence-corrected chi connectivity index (χ3v) is 3.37. The smallest absolute Gasteiger partial charge is 0.352 e. The summed E-state index contributed by atoms with van der Waals surface area (Å²) in [5, 5.41) is 10.6. The number of aromatic carboxylic acids is 1. The lowest BCUT2D eigenvalue weighted by Crippen LogP contribution is -2.17. The van der Waals surface area contributed by atoms with Crippen LogP contribution >= 0.6 is 11.8 Å². The lowest BCUT2D eigenvalue weighted by molar-refractivity contribution is 0.0679. The minimum Gasteiger partial charge on any atom is -0.477 e. The van der Waals surface area contributed by atoms with Gasteiger partial charge in [-0.15, -0.1) is 0 Å². The van der Waals surface area contributed by atoms with Crippen molar-refractivity contribution in [1.29, 1.82) is 0 Å². The van der Waals surface area contributed by atoms with E-state index in [1.807, 2.05) is 13.2 Å². The van der Waals surface area contributed by atoms with E-state index in [1.165, 1.54) is 11.8 Å². The van der Waals surface area contributed by atoms with E-state index >= 15 is 0 Å². The average Bonchev–Trinajstić information content (AvgIpc) is 2.77. The Labute approximate surface area is 114 Å². The molecule has 2 aromatic heterocycles. The Morgan fingerprint density at radius 3 is 2.95 bits per heavy atom. The number of ether oxygens (including phenoxy) is 1. The maximum atomic E-state index is 11.3. The molecule has 19 heavy (non-hydrogen) atoms. The molecule has 7 heteroatoms. The Kier molecular flexibility index (Phi) is 4.06. The number of carbonyl (C=O) groups is 1. The van der Waals surface area contributed by atoms with Gasteiger partial charge in [-0.2, -0.15) is 0 Å². The normalized spacial score (nSPS) is 12.8. The van der Waals surface area contributed by atoms with Gasteiger partial charge in [-0.1, -0.05) is 11.8 Å². The van der Waals surface area contributed by atoms with E-state index in [2.05, 4.69) is 9.97 Å². The van der Waals surface area contributed by atoms with E-state index in [-0.39, 0.29) is 11.7 Å². The quantitative estimate of drug-likeness (QED) is 0.667. The van der Waals surface area contributed by atoms with Crippen LogP contribution in [0.4, 0.5) is 0 Å². The summed E-state index contributed by atoms with van der Waals surface area (Å²) in [5.41, 5.74) is 0.827. The van der Waals surface area contributed by atoms with Crippen molar-refractivity contribution < 1.29 is 14.6 Å². The molecule has 2 heterocycles. The third kappa shape index (κ3) is 2.57. The summed E-state index contributed by atoms with van der Waals surface area (Å²) in [5.74, 6) is -0.980. The fourth-order valence-corrected chi connectivity index (χ4v) is 2.35. The van der Waals surface area contributed by atoms with Gasteiger partial charge in [0.05, 0.1) is 12.6 Å². The monoisotopic (exact) mass is 281 g/mol. The van der Waals surface area contributed by atoms with Crippen LogP contribution in [0.15, 0.2) is 17.4 Å². The van der Waals surface area contributed by atoms with Crippen LogP contribution < -0.4 is 0 Å². The molecule has 2 rings (SSSR count). The van der Waals surface area contributed by atoms with E-state index < -0.39 is 5.97 Å². The Bertz CT molecular complexity index is 612. The number of carboxylic acid groups (broad SMARTS) is 1. The van der Waals surface area contributed by atoms with Gasteiger partial charge in [0.25, 0.3) is 0 Å². The summed E-state index contributed by atoms with van der Waals surface area (Å²) in [6.07, 6.45) is 3.53. The number of hydrogen-bond acceptors (Lipinski definition) is 5. The number of aromatic nitrogens is 3. The topological polar surface area (TPSA) is 77.2 Å². The van der Waals surface area contributed by atoms with Crippen LogP contribution in [0.2, 0.25) is 0 Å². The molecule has 102 valence electrons. The Morgan fingerprint density at radius 2 is 2.37 bits per heavy atom. The van der Waals surface area contributed by atoms with Crippen molar-refractivity contribution in [3.05, 3.63) is 18.0 Å². The Balaban J connectivity index is 2.66. The summed E-state index contributed by atoms with van der Waals surface area (Å²) in [4.78, 5) is 19.9. The molecule has 2 aromatic rings.